The third kappa shape index (κ3) is 3.91. The Bertz CT molecular complexity index is 446. The molecule has 20 heavy (non-hydrogen) atoms. The Kier molecular flexibility index (Phi) is 5.34. The number of hydrogen-bond donors (Lipinski definition) is 1. The summed E-state index contributed by atoms with van der Waals surface area (Å²) in [6.07, 6.45) is 4.04. The summed E-state index contributed by atoms with van der Waals surface area (Å²) in [5.74, 6) is 1.46. The first-order valence-electron chi connectivity index (χ1n) is 7.45. The van der Waals surface area contributed by atoms with Gasteiger partial charge in [0.1, 0.15) is 5.82 Å². The molecule has 1 aliphatic heterocycles. The summed E-state index contributed by atoms with van der Waals surface area (Å²) in [6.45, 7) is 7.84. The summed E-state index contributed by atoms with van der Waals surface area (Å²) in [5, 5.41) is 4.02. The molecule has 1 fully saturated rings. The third-order valence-corrected chi connectivity index (χ3v) is 4.38. The summed E-state index contributed by atoms with van der Waals surface area (Å²) < 4.78 is 4.29. The molecule has 0 bridgehead atoms. The Labute approximate surface area is 124 Å². The largest absolute Gasteiger partial charge is 0.360 e. The molecule has 1 amide bonds. The van der Waals surface area contributed by atoms with Crippen molar-refractivity contribution in [1.29, 1.82) is 0 Å². The van der Waals surface area contributed by atoms with Crippen molar-refractivity contribution >= 4 is 22.6 Å². The molecular formula is C14H24N4OS. The van der Waals surface area contributed by atoms with E-state index < -0.39 is 0 Å². The average molecular weight is 296 g/mol. The van der Waals surface area contributed by atoms with Crippen LogP contribution in [0.4, 0.5) is 5.13 Å². The highest BCUT2D eigenvalue weighted by molar-refractivity contribution is 7.09. The highest BCUT2D eigenvalue weighted by Gasteiger charge is 2.22. The van der Waals surface area contributed by atoms with E-state index in [1.54, 1.807) is 0 Å². The smallest absolute Gasteiger partial charge is 0.224 e. The van der Waals surface area contributed by atoms with Crippen LogP contribution in [-0.4, -0.2) is 39.3 Å². The number of hydrogen-bond acceptors (Lipinski definition) is 5. The standard InChI is InChI=1S/C14H24N4OS/c1-10(2)13-16-14(20-17-13)15-8-7-12(19)18-9-5-4-6-11(18)3/h10-11H,4-9H2,1-3H3,(H,15,16,17). The number of carbonyl (C=O) groups is 1. The van der Waals surface area contributed by atoms with E-state index in [-0.39, 0.29) is 5.91 Å². The molecule has 1 atom stereocenters. The normalized spacial score (nSPS) is 19.4. The second kappa shape index (κ2) is 7.02. The molecule has 0 radical (unpaired) electrons. The zero-order chi connectivity index (χ0) is 14.5. The van der Waals surface area contributed by atoms with E-state index in [1.807, 2.05) is 4.90 Å². The monoisotopic (exact) mass is 296 g/mol. The van der Waals surface area contributed by atoms with Crippen molar-refractivity contribution in [2.24, 2.45) is 0 Å². The molecule has 0 aromatic carbocycles. The second-order valence-electron chi connectivity index (χ2n) is 5.72. The van der Waals surface area contributed by atoms with Crippen LogP contribution in [0.5, 0.6) is 0 Å². The predicted octanol–water partition coefficient (Wildman–Crippen LogP) is 2.86. The number of piperidine rings is 1. The summed E-state index contributed by atoms with van der Waals surface area (Å²) in [5.41, 5.74) is 0. The highest BCUT2D eigenvalue weighted by Crippen LogP contribution is 2.19. The van der Waals surface area contributed by atoms with E-state index >= 15 is 0 Å². The minimum absolute atomic E-state index is 0.248. The SMILES string of the molecule is CC(C)c1nsc(NCCC(=O)N2CCCCC2C)n1. The fourth-order valence-electron chi connectivity index (χ4n) is 2.43. The van der Waals surface area contributed by atoms with Crippen molar-refractivity contribution in [3.63, 3.8) is 0 Å². The lowest BCUT2D eigenvalue weighted by Crippen LogP contribution is -2.42. The van der Waals surface area contributed by atoms with Crippen LogP contribution in [0.15, 0.2) is 0 Å². The van der Waals surface area contributed by atoms with Gasteiger partial charge in [0.2, 0.25) is 11.0 Å². The van der Waals surface area contributed by atoms with E-state index in [1.165, 1.54) is 18.0 Å². The molecule has 0 spiro atoms. The second-order valence-corrected chi connectivity index (χ2v) is 6.47. The first-order valence-corrected chi connectivity index (χ1v) is 8.22. The fourth-order valence-corrected chi connectivity index (χ4v) is 3.16. The van der Waals surface area contributed by atoms with Crippen molar-refractivity contribution in [1.82, 2.24) is 14.3 Å². The minimum Gasteiger partial charge on any atom is -0.360 e. The van der Waals surface area contributed by atoms with Gasteiger partial charge in [-0.2, -0.15) is 4.37 Å². The lowest BCUT2D eigenvalue weighted by Gasteiger charge is -2.33. The molecule has 2 rings (SSSR count). The molecule has 112 valence electrons. The molecule has 1 unspecified atom stereocenters. The van der Waals surface area contributed by atoms with Gasteiger partial charge >= 0.3 is 0 Å². The third-order valence-electron chi connectivity index (χ3n) is 3.70. The van der Waals surface area contributed by atoms with Gasteiger partial charge in [-0.25, -0.2) is 4.98 Å². The summed E-state index contributed by atoms with van der Waals surface area (Å²) >= 11 is 1.37. The first-order chi connectivity index (χ1) is 9.58. The van der Waals surface area contributed by atoms with Crippen molar-refractivity contribution in [2.45, 2.75) is 58.4 Å². The van der Waals surface area contributed by atoms with Crippen LogP contribution in [0.2, 0.25) is 0 Å². The maximum atomic E-state index is 12.2. The molecular weight excluding hydrogens is 272 g/mol. The Morgan fingerprint density at radius 2 is 2.30 bits per heavy atom. The average Bonchev–Trinajstić information content (AvgIpc) is 2.88. The van der Waals surface area contributed by atoms with E-state index in [4.69, 9.17) is 0 Å². The molecule has 5 nitrogen and oxygen atoms in total. The van der Waals surface area contributed by atoms with Crippen LogP contribution in [0, 0.1) is 0 Å². The molecule has 1 aromatic heterocycles. The van der Waals surface area contributed by atoms with Gasteiger partial charge in [-0.05, 0) is 26.2 Å². The van der Waals surface area contributed by atoms with Crippen LogP contribution >= 0.6 is 11.5 Å². The maximum absolute atomic E-state index is 12.2. The van der Waals surface area contributed by atoms with Gasteiger partial charge in [0.25, 0.3) is 0 Å². The van der Waals surface area contributed by atoms with Gasteiger partial charge in [-0.15, -0.1) is 0 Å². The van der Waals surface area contributed by atoms with Crippen LogP contribution < -0.4 is 5.32 Å². The molecule has 0 saturated carbocycles. The lowest BCUT2D eigenvalue weighted by atomic mass is 10.0. The summed E-state index contributed by atoms with van der Waals surface area (Å²) in [6, 6.07) is 0.394. The number of carbonyl (C=O) groups excluding carboxylic acids is 1. The Balaban J connectivity index is 1.75. The molecule has 1 aromatic rings. The van der Waals surface area contributed by atoms with Crippen molar-refractivity contribution in [3.05, 3.63) is 5.82 Å². The summed E-state index contributed by atoms with van der Waals surface area (Å²) in [7, 11) is 0. The first kappa shape index (κ1) is 15.2. The van der Waals surface area contributed by atoms with Crippen molar-refractivity contribution in [3.8, 4) is 0 Å². The molecule has 1 aliphatic rings. The number of likely N-dealkylation sites (tertiary alicyclic amines) is 1. The van der Waals surface area contributed by atoms with Gasteiger partial charge in [0, 0.05) is 43.0 Å². The molecule has 2 heterocycles. The number of nitrogens with zero attached hydrogens (tertiary/aromatic N) is 3. The van der Waals surface area contributed by atoms with E-state index in [2.05, 4.69) is 35.4 Å². The number of anilines is 1. The van der Waals surface area contributed by atoms with Crippen LogP contribution in [0.3, 0.4) is 0 Å². The number of nitrogens with one attached hydrogen (secondary N) is 1. The van der Waals surface area contributed by atoms with E-state index in [0.29, 0.717) is 24.9 Å². The van der Waals surface area contributed by atoms with Gasteiger partial charge in [0.05, 0.1) is 0 Å². The topological polar surface area (TPSA) is 58.1 Å². The van der Waals surface area contributed by atoms with Crippen LogP contribution in [0.25, 0.3) is 0 Å². The Morgan fingerprint density at radius 1 is 1.50 bits per heavy atom. The summed E-state index contributed by atoms with van der Waals surface area (Å²) in [4.78, 5) is 18.6. The Hall–Kier alpha value is -1.17. The van der Waals surface area contributed by atoms with E-state index in [0.717, 1.165) is 30.3 Å². The van der Waals surface area contributed by atoms with Gasteiger partial charge < -0.3 is 10.2 Å². The van der Waals surface area contributed by atoms with Crippen LogP contribution in [0.1, 0.15) is 58.2 Å². The minimum atomic E-state index is 0.248. The van der Waals surface area contributed by atoms with Gasteiger partial charge in [-0.1, -0.05) is 13.8 Å². The fraction of sp³-hybridized carbons (Fsp3) is 0.786. The molecule has 1 N–H and O–H groups in total. The number of aromatic nitrogens is 2. The number of amides is 1. The van der Waals surface area contributed by atoms with Crippen molar-refractivity contribution < 1.29 is 4.79 Å². The molecule has 1 saturated heterocycles. The maximum Gasteiger partial charge on any atom is 0.224 e. The predicted molar refractivity (Wildman–Crippen MR) is 82.1 cm³/mol. The number of rotatable bonds is 5. The van der Waals surface area contributed by atoms with Crippen LogP contribution in [-0.2, 0) is 4.79 Å². The lowest BCUT2D eigenvalue weighted by molar-refractivity contribution is -0.134. The van der Waals surface area contributed by atoms with E-state index in [9.17, 15) is 4.79 Å². The Morgan fingerprint density at radius 3 is 2.95 bits per heavy atom. The molecule has 6 heteroatoms. The zero-order valence-corrected chi connectivity index (χ0v) is 13.4. The zero-order valence-electron chi connectivity index (χ0n) is 12.6. The quantitative estimate of drug-likeness (QED) is 0.907. The molecule has 0 aliphatic carbocycles. The highest BCUT2D eigenvalue weighted by atomic mass is 32.1. The van der Waals surface area contributed by atoms with Crippen molar-refractivity contribution in [2.75, 3.05) is 18.4 Å². The van der Waals surface area contributed by atoms with Gasteiger partial charge in [0.15, 0.2) is 0 Å². The van der Waals surface area contributed by atoms with Gasteiger partial charge in [-0.3, -0.25) is 4.79 Å².